The second-order valence-electron chi connectivity index (χ2n) is 6.62. The summed E-state index contributed by atoms with van der Waals surface area (Å²) in [5, 5.41) is 11.7. The van der Waals surface area contributed by atoms with Crippen LogP contribution in [0.1, 0.15) is 11.1 Å². The minimum atomic E-state index is -0.120. The standard InChI is InChI=1S/C20H18N2O3/c1-25-14-10-13-7-9-22-17(13)15(11-14)19(23)18(20(22)24)21-8-6-12-4-2-3-5-16(12)21/h2-5,10-11,23H,6-9H2,1H3. The maximum atomic E-state index is 13.1. The van der Waals surface area contributed by atoms with E-state index in [1.165, 1.54) is 5.56 Å². The zero-order valence-electron chi connectivity index (χ0n) is 14.0. The molecule has 3 heterocycles. The fraction of sp³-hybridized carbons (Fsp3) is 0.250. The molecular weight excluding hydrogens is 316 g/mol. The van der Waals surface area contributed by atoms with Crippen molar-refractivity contribution in [3.63, 3.8) is 0 Å². The second kappa shape index (κ2) is 5.02. The smallest absolute Gasteiger partial charge is 0.278 e. The van der Waals surface area contributed by atoms with Crippen molar-refractivity contribution in [3.05, 3.63) is 57.9 Å². The van der Waals surface area contributed by atoms with E-state index in [1.54, 1.807) is 11.7 Å². The number of nitrogens with zero attached hydrogens (tertiary/aromatic N) is 2. The van der Waals surface area contributed by atoms with Crippen molar-refractivity contribution in [1.29, 1.82) is 0 Å². The monoisotopic (exact) mass is 334 g/mol. The summed E-state index contributed by atoms with van der Waals surface area (Å²) >= 11 is 0. The average molecular weight is 334 g/mol. The minimum Gasteiger partial charge on any atom is -0.505 e. The Morgan fingerprint density at radius 1 is 1.08 bits per heavy atom. The van der Waals surface area contributed by atoms with E-state index in [0.717, 1.165) is 29.6 Å². The van der Waals surface area contributed by atoms with Gasteiger partial charge in [-0.1, -0.05) is 18.2 Å². The van der Waals surface area contributed by atoms with Gasteiger partial charge < -0.3 is 19.3 Å². The Kier molecular flexibility index (Phi) is 2.89. The van der Waals surface area contributed by atoms with Crippen molar-refractivity contribution < 1.29 is 9.84 Å². The lowest BCUT2D eigenvalue weighted by Gasteiger charge is -2.22. The van der Waals surface area contributed by atoms with Crippen molar-refractivity contribution in [2.24, 2.45) is 0 Å². The molecule has 0 fully saturated rings. The van der Waals surface area contributed by atoms with Crippen LogP contribution in [0.25, 0.3) is 10.9 Å². The number of benzene rings is 2. The lowest BCUT2D eigenvalue weighted by molar-refractivity contribution is 0.414. The van der Waals surface area contributed by atoms with Gasteiger partial charge in [0.15, 0.2) is 11.4 Å². The molecule has 0 spiro atoms. The summed E-state index contributed by atoms with van der Waals surface area (Å²) in [5.41, 5.74) is 4.34. The van der Waals surface area contributed by atoms with Crippen molar-refractivity contribution in [3.8, 4) is 11.5 Å². The van der Waals surface area contributed by atoms with Crippen LogP contribution in [0, 0.1) is 0 Å². The Labute approximate surface area is 144 Å². The number of aryl methyl sites for hydroxylation is 2. The molecule has 5 rings (SSSR count). The number of ether oxygens (including phenoxy) is 1. The zero-order chi connectivity index (χ0) is 17.1. The largest absolute Gasteiger partial charge is 0.505 e. The van der Waals surface area contributed by atoms with Gasteiger partial charge in [0.2, 0.25) is 0 Å². The topological polar surface area (TPSA) is 54.7 Å². The third-order valence-electron chi connectivity index (χ3n) is 5.36. The van der Waals surface area contributed by atoms with Gasteiger partial charge in [-0.3, -0.25) is 4.79 Å². The van der Waals surface area contributed by atoms with Gasteiger partial charge in [-0.2, -0.15) is 0 Å². The van der Waals surface area contributed by atoms with Gasteiger partial charge in [-0.25, -0.2) is 0 Å². The summed E-state index contributed by atoms with van der Waals surface area (Å²) in [6.07, 6.45) is 1.65. The molecule has 5 nitrogen and oxygen atoms in total. The first kappa shape index (κ1) is 14.4. The van der Waals surface area contributed by atoms with Crippen LogP contribution in [0.4, 0.5) is 11.4 Å². The molecule has 5 heteroatoms. The van der Waals surface area contributed by atoms with Crippen LogP contribution in [-0.4, -0.2) is 23.3 Å². The molecule has 0 atom stereocenters. The lowest BCUT2D eigenvalue weighted by atomic mass is 10.1. The number of methoxy groups -OCH3 is 1. The van der Waals surface area contributed by atoms with Gasteiger partial charge in [0.25, 0.3) is 5.56 Å². The lowest BCUT2D eigenvalue weighted by Crippen LogP contribution is -2.27. The van der Waals surface area contributed by atoms with Crippen LogP contribution < -0.4 is 15.2 Å². The Morgan fingerprint density at radius 3 is 2.72 bits per heavy atom. The van der Waals surface area contributed by atoms with E-state index in [4.69, 9.17) is 4.74 Å². The molecule has 0 radical (unpaired) electrons. The Bertz CT molecular complexity index is 1080. The number of fused-ring (bicyclic) bond motifs is 1. The summed E-state index contributed by atoms with van der Waals surface area (Å²) in [7, 11) is 1.62. The van der Waals surface area contributed by atoms with Crippen LogP contribution in [0.3, 0.4) is 0 Å². The molecule has 0 bridgehead atoms. The SMILES string of the molecule is COc1cc2c3c(c1)c(O)c(N1CCc4ccccc41)c(=O)n3CC2. The highest BCUT2D eigenvalue weighted by Crippen LogP contribution is 2.42. The van der Waals surface area contributed by atoms with Gasteiger partial charge in [0.1, 0.15) is 5.75 Å². The Hall–Kier alpha value is -2.95. The molecule has 0 aliphatic carbocycles. The van der Waals surface area contributed by atoms with Crippen LogP contribution in [-0.2, 0) is 19.4 Å². The molecule has 0 saturated heterocycles. The highest BCUT2D eigenvalue weighted by atomic mass is 16.5. The van der Waals surface area contributed by atoms with Gasteiger partial charge in [0.05, 0.1) is 12.6 Å². The van der Waals surface area contributed by atoms with E-state index in [1.807, 2.05) is 35.2 Å². The molecule has 2 aromatic carbocycles. The van der Waals surface area contributed by atoms with E-state index in [2.05, 4.69) is 6.07 Å². The molecule has 3 aromatic rings. The number of rotatable bonds is 2. The number of pyridine rings is 1. The molecule has 0 unspecified atom stereocenters. The normalized spacial score (nSPS) is 15.0. The van der Waals surface area contributed by atoms with E-state index < -0.39 is 0 Å². The van der Waals surface area contributed by atoms with Crippen LogP contribution in [0.15, 0.2) is 41.2 Å². The number of aromatic nitrogens is 1. The van der Waals surface area contributed by atoms with E-state index in [0.29, 0.717) is 29.9 Å². The second-order valence-corrected chi connectivity index (χ2v) is 6.62. The molecular formula is C20H18N2O3. The Morgan fingerprint density at radius 2 is 1.88 bits per heavy atom. The van der Waals surface area contributed by atoms with Crippen molar-refractivity contribution in [2.45, 2.75) is 19.4 Å². The van der Waals surface area contributed by atoms with Crippen LogP contribution in [0.5, 0.6) is 11.5 Å². The Balaban J connectivity index is 1.83. The number of hydrogen-bond donors (Lipinski definition) is 1. The number of para-hydroxylation sites is 1. The van der Waals surface area contributed by atoms with E-state index >= 15 is 0 Å². The molecule has 126 valence electrons. The number of hydrogen-bond acceptors (Lipinski definition) is 4. The maximum absolute atomic E-state index is 13.1. The first-order valence-corrected chi connectivity index (χ1v) is 8.51. The summed E-state index contributed by atoms with van der Waals surface area (Å²) < 4.78 is 7.17. The summed E-state index contributed by atoms with van der Waals surface area (Å²) in [4.78, 5) is 15.1. The fourth-order valence-electron chi connectivity index (χ4n) is 4.19. The molecule has 25 heavy (non-hydrogen) atoms. The first-order chi connectivity index (χ1) is 12.2. The zero-order valence-corrected chi connectivity index (χ0v) is 14.0. The fourth-order valence-corrected chi connectivity index (χ4v) is 4.19. The molecule has 0 amide bonds. The average Bonchev–Trinajstić information content (AvgIpc) is 3.25. The minimum absolute atomic E-state index is 0.0509. The molecule has 2 aliphatic heterocycles. The number of anilines is 2. The highest BCUT2D eigenvalue weighted by Gasteiger charge is 2.30. The third-order valence-corrected chi connectivity index (χ3v) is 5.36. The summed E-state index contributed by atoms with van der Waals surface area (Å²) in [5.74, 6) is 0.757. The summed E-state index contributed by atoms with van der Waals surface area (Å²) in [6.45, 7) is 1.34. The highest BCUT2D eigenvalue weighted by molar-refractivity contribution is 5.95. The maximum Gasteiger partial charge on any atom is 0.278 e. The molecule has 1 aromatic heterocycles. The van der Waals surface area contributed by atoms with Crippen molar-refractivity contribution in [1.82, 2.24) is 4.57 Å². The van der Waals surface area contributed by atoms with Crippen molar-refractivity contribution in [2.75, 3.05) is 18.6 Å². The van der Waals surface area contributed by atoms with Gasteiger partial charge in [0, 0.05) is 24.2 Å². The quantitative estimate of drug-likeness (QED) is 0.783. The van der Waals surface area contributed by atoms with Gasteiger partial charge in [-0.05, 0) is 42.2 Å². The van der Waals surface area contributed by atoms with Crippen LogP contribution in [0.2, 0.25) is 0 Å². The number of aromatic hydroxyl groups is 1. The van der Waals surface area contributed by atoms with Gasteiger partial charge >= 0.3 is 0 Å². The van der Waals surface area contributed by atoms with Gasteiger partial charge in [-0.15, -0.1) is 0 Å². The first-order valence-electron chi connectivity index (χ1n) is 8.51. The molecule has 1 N–H and O–H groups in total. The van der Waals surface area contributed by atoms with Crippen molar-refractivity contribution >= 4 is 22.3 Å². The predicted molar refractivity (Wildman–Crippen MR) is 97.3 cm³/mol. The van der Waals surface area contributed by atoms with E-state index in [9.17, 15) is 9.90 Å². The summed E-state index contributed by atoms with van der Waals surface area (Å²) in [6, 6.07) is 11.8. The van der Waals surface area contributed by atoms with E-state index in [-0.39, 0.29) is 11.3 Å². The van der Waals surface area contributed by atoms with Crippen LogP contribution >= 0.6 is 0 Å². The predicted octanol–water partition coefficient (Wildman–Crippen LogP) is 2.97. The third kappa shape index (κ3) is 1.86. The molecule has 0 saturated carbocycles. The molecule has 2 aliphatic rings.